The van der Waals surface area contributed by atoms with E-state index in [1.165, 1.54) is 12.5 Å². The molecule has 0 aliphatic carbocycles. The number of aromatic amines is 1. The monoisotopic (exact) mass is 440 g/mol. The van der Waals surface area contributed by atoms with E-state index >= 15 is 0 Å². The number of carboxylic acid groups (broad SMARTS) is 2. The number of rotatable bonds is 14. The molecule has 3 unspecified atom stereocenters. The number of imidazole rings is 1. The maximum Gasteiger partial charge on any atom is 0.326 e. The summed E-state index contributed by atoms with van der Waals surface area (Å²) < 4.78 is 0. The second kappa shape index (κ2) is 12.8. The minimum absolute atomic E-state index is 0.0784. The zero-order valence-electron chi connectivity index (χ0n) is 16.8. The van der Waals surface area contributed by atoms with Gasteiger partial charge in [-0.15, -0.1) is 0 Å². The summed E-state index contributed by atoms with van der Waals surface area (Å²) in [5.74, 6) is -4.10. The van der Waals surface area contributed by atoms with Crippen molar-refractivity contribution < 1.29 is 29.4 Å². The smallest absolute Gasteiger partial charge is 0.326 e. The van der Waals surface area contributed by atoms with Gasteiger partial charge in [-0.05, 0) is 19.3 Å². The summed E-state index contributed by atoms with van der Waals surface area (Å²) in [4.78, 5) is 57.6. The van der Waals surface area contributed by atoms with Crippen molar-refractivity contribution in [2.75, 3.05) is 6.54 Å². The van der Waals surface area contributed by atoms with Crippen molar-refractivity contribution in [1.82, 2.24) is 20.6 Å². The number of carbonyl (C=O) groups is 4. The largest absolute Gasteiger partial charge is 0.481 e. The molecule has 0 saturated carbocycles. The first kappa shape index (κ1) is 25.4. The fourth-order valence-electron chi connectivity index (χ4n) is 2.55. The summed E-state index contributed by atoms with van der Waals surface area (Å²) in [6, 6.07) is -3.59. The van der Waals surface area contributed by atoms with Crippen molar-refractivity contribution in [3.8, 4) is 0 Å². The van der Waals surface area contributed by atoms with Crippen molar-refractivity contribution in [3.05, 3.63) is 18.2 Å². The number of carbonyl (C=O) groups excluding carboxylic acids is 2. The number of amides is 2. The van der Waals surface area contributed by atoms with E-state index in [4.69, 9.17) is 22.3 Å². The van der Waals surface area contributed by atoms with Crippen LogP contribution in [0.5, 0.6) is 0 Å². The van der Waals surface area contributed by atoms with Gasteiger partial charge in [0.05, 0.1) is 12.4 Å². The van der Waals surface area contributed by atoms with Gasteiger partial charge in [0.2, 0.25) is 11.8 Å². The van der Waals surface area contributed by atoms with Crippen LogP contribution in [0.15, 0.2) is 17.5 Å². The first-order chi connectivity index (χ1) is 14.6. The molecule has 2 amide bonds. The zero-order valence-corrected chi connectivity index (χ0v) is 16.8. The summed E-state index contributed by atoms with van der Waals surface area (Å²) >= 11 is 0. The lowest BCUT2D eigenvalue weighted by molar-refractivity contribution is -0.143. The lowest BCUT2D eigenvalue weighted by Crippen LogP contribution is -2.55. The molecule has 0 aliphatic rings. The van der Waals surface area contributed by atoms with Crippen molar-refractivity contribution in [1.29, 1.82) is 0 Å². The molecule has 0 aliphatic heterocycles. The second-order valence-corrected chi connectivity index (χ2v) is 6.73. The van der Waals surface area contributed by atoms with Crippen LogP contribution in [-0.2, 0) is 25.6 Å². The molecule has 1 rings (SSSR count). The summed E-state index contributed by atoms with van der Waals surface area (Å²) in [6.07, 6.45) is 2.65. The van der Waals surface area contributed by atoms with Crippen molar-refractivity contribution in [2.24, 2.45) is 22.2 Å². The molecule has 1 heterocycles. The van der Waals surface area contributed by atoms with Gasteiger partial charge in [0.25, 0.3) is 0 Å². The maximum absolute atomic E-state index is 12.6. The molecule has 31 heavy (non-hydrogen) atoms. The Morgan fingerprint density at radius 3 is 2.32 bits per heavy atom. The number of hydrogen-bond acceptors (Lipinski definition) is 7. The Labute approximate surface area is 177 Å². The fraction of sp³-hybridized carbons (Fsp3) is 0.529. The van der Waals surface area contributed by atoms with E-state index in [2.05, 4.69) is 25.6 Å². The van der Waals surface area contributed by atoms with E-state index in [0.29, 0.717) is 12.1 Å². The lowest BCUT2D eigenvalue weighted by Gasteiger charge is -2.22. The predicted molar refractivity (Wildman–Crippen MR) is 109 cm³/mol. The molecule has 11 N–H and O–H groups in total. The molecular weight excluding hydrogens is 412 g/mol. The van der Waals surface area contributed by atoms with Crippen LogP contribution in [-0.4, -0.2) is 74.6 Å². The van der Waals surface area contributed by atoms with Crippen LogP contribution in [0.25, 0.3) is 0 Å². The van der Waals surface area contributed by atoms with Crippen molar-refractivity contribution in [2.45, 2.75) is 50.2 Å². The van der Waals surface area contributed by atoms with Crippen molar-refractivity contribution in [3.63, 3.8) is 0 Å². The van der Waals surface area contributed by atoms with Gasteiger partial charge in [0, 0.05) is 31.3 Å². The summed E-state index contributed by atoms with van der Waals surface area (Å²) in [5.41, 5.74) is 16.7. The van der Waals surface area contributed by atoms with Gasteiger partial charge in [-0.1, -0.05) is 0 Å². The Hall–Kier alpha value is -3.68. The van der Waals surface area contributed by atoms with E-state index in [1.54, 1.807) is 0 Å². The van der Waals surface area contributed by atoms with Crippen LogP contribution < -0.4 is 27.8 Å². The Bertz CT molecular complexity index is 778. The molecule has 1 aromatic heterocycles. The van der Waals surface area contributed by atoms with Gasteiger partial charge in [-0.3, -0.25) is 19.4 Å². The van der Waals surface area contributed by atoms with Crippen LogP contribution in [0.2, 0.25) is 0 Å². The number of nitrogens with zero attached hydrogens (tertiary/aromatic N) is 2. The topological polar surface area (TPSA) is 252 Å². The number of nitrogens with one attached hydrogen (secondary N) is 3. The fourth-order valence-corrected chi connectivity index (χ4v) is 2.55. The van der Waals surface area contributed by atoms with Gasteiger partial charge < -0.3 is 43.0 Å². The van der Waals surface area contributed by atoms with E-state index in [-0.39, 0.29) is 31.8 Å². The van der Waals surface area contributed by atoms with Gasteiger partial charge >= 0.3 is 11.9 Å². The molecule has 0 aromatic carbocycles. The number of guanidine groups is 1. The standard InChI is InChI=1S/C17H28N8O6/c18-10(2-1-5-22-17(19)20)14(28)24-11(3-4-13(26)27)15(29)25-12(16(30)31)6-9-7-21-8-23-9/h7-8,10-12H,1-6,18H2,(H,21,23)(H,24,28)(H,25,29)(H,26,27)(H,30,31)(H4,19,20,22). The maximum atomic E-state index is 12.6. The molecular formula is C17H28N8O6. The average molecular weight is 440 g/mol. The quantitative estimate of drug-likeness (QED) is 0.0840. The zero-order chi connectivity index (χ0) is 23.4. The highest BCUT2D eigenvalue weighted by molar-refractivity contribution is 5.92. The molecule has 0 spiro atoms. The highest BCUT2D eigenvalue weighted by Gasteiger charge is 2.28. The van der Waals surface area contributed by atoms with E-state index in [0.717, 1.165) is 0 Å². The minimum Gasteiger partial charge on any atom is -0.481 e. The molecule has 0 bridgehead atoms. The van der Waals surface area contributed by atoms with Gasteiger partial charge in [0.15, 0.2) is 5.96 Å². The molecule has 14 nitrogen and oxygen atoms in total. The number of hydrogen-bond donors (Lipinski definition) is 8. The molecule has 3 atom stereocenters. The summed E-state index contributed by atoms with van der Waals surface area (Å²) in [7, 11) is 0. The van der Waals surface area contributed by atoms with E-state index in [1.807, 2.05) is 0 Å². The molecule has 0 radical (unpaired) electrons. The SMILES string of the molecule is NC(N)=NCCCC(N)C(=O)NC(CCC(=O)O)C(=O)NC(Cc1cnc[nH]1)C(=O)O. The Kier molecular flexibility index (Phi) is 10.5. The Morgan fingerprint density at radius 1 is 1.10 bits per heavy atom. The van der Waals surface area contributed by atoms with Gasteiger partial charge in [0.1, 0.15) is 12.1 Å². The average Bonchev–Trinajstić information content (AvgIpc) is 3.20. The third kappa shape index (κ3) is 10.1. The predicted octanol–water partition coefficient (Wildman–Crippen LogP) is -2.75. The van der Waals surface area contributed by atoms with E-state index in [9.17, 15) is 24.3 Å². The number of aliphatic carboxylic acids is 2. The number of H-pyrrole nitrogens is 1. The highest BCUT2D eigenvalue weighted by atomic mass is 16.4. The Balaban J connectivity index is 2.75. The normalized spacial score (nSPS) is 13.5. The van der Waals surface area contributed by atoms with E-state index < -0.39 is 48.3 Å². The van der Waals surface area contributed by atoms with Crippen LogP contribution in [0, 0.1) is 0 Å². The third-order valence-corrected chi connectivity index (χ3v) is 4.18. The van der Waals surface area contributed by atoms with Crippen molar-refractivity contribution >= 4 is 29.7 Å². The number of aliphatic imine (C=N–C) groups is 1. The van der Waals surface area contributed by atoms with Crippen LogP contribution in [0.3, 0.4) is 0 Å². The minimum atomic E-state index is -1.31. The van der Waals surface area contributed by atoms with Crippen LogP contribution in [0.4, 0.5) is 0 Å². The summed E-state index contributed by atoms with van der Waals surface area (Å²) in [6.45, 7) is 0.264. The number of nitrogens with two attached hydrogens (primary N) is 3. The summed E-state index contributed by atoms with van der Waals surface area (Å²) in [5, 5.41) is 23.0. The van der Waals surface area contributed by atoms with Crippen LogP contribution >= 0.6 is 0 Å². The third-order valence-electron chi connectivity index (χ3n) is 4.18. The van der Waals surface area contributed by atoms with Gasteiger partial charge in [-0.25, -0.2) is 9.78 Å². The Morgan fingerprint density at radius 2 is 1.77 bits per heavy atom. The second-order valence-electron chi connectivity index (χ2n) is 6.73. The number of carboxylic acids is 2. The highest BCUT2D eigenvalue weighted by Crippen LogP contribution is 2.04. The lowest BCUT2D eigenvalue weighted by atomic mass is 10.1. The van der Waals surface area contributed by atoms with Crippen LogP contribution in [0.1, 0.15) is 31.4 Å². The number of aromatic nitrogens is 2. The van der Waals surface area contributed by atoms with Gasteiger partial charge in [-0.2, -0.15) is 0 Å². The molecule has 14 heteroatoms. The molecule has 1 aromatic rings. The molecule has 0 saturated heterocycles. The first-order valence-electron chi connectivity index (χ1n) is 9.43. The molecule has 0 fully saturated rings. The molecule has 172 valence electrons. The first-order valence-corrected chi connectivity index (χ1v) is 9.43.